The highest BCUT2D eigenvalue weighted by Gasteiger charge is 2.11. The van der Waals surface area contributed by atoms with E-state index in [0.29, 0.717) is 5.75 Å². The quantitative estimate of drug-likeness (QED) is 0.725. The lowest BCUT2D eigenvalue weighted by Gasteiger charge is -2.08. The standard InChI is InChI=1S/C14H18O4/c1-10-4-6-13(17-2)11(8-10)9-12(15)5-7-14(16)18-3/h4,6,8H,5,7,9H2,1-3H3. The summed E-state index contributed by atoms with van der Waals surface area (Å²) < 4.78 is 9.70. The van der Waals surface area contributed by atoms with Gasteiger partial charge in [0.05, 0.1) is 20.6 Å². The number of carbonyl (C=O) groups excluding carboxylic acids is 2. The van der Waals surface area contributed by atoms with Crippen LogP contribution in [0.1, 0.15) is 24.0 Å². The molecule has 1 aromatic carbocycles. The summed E-state index contributed by atoms with van der Waals surface area (Å²) in [7, 11) is 2.89. The average Bonchev–Trinajstić information content (AvgIpc) is 2.36. The first-order valence-electron chi connectivity index (χ1n) is 5.79. The summed E-state index contributed by atoms with van der Waals surface area (Å²) in [4.78, 5) is 22.7. The first-order chi connectivity index (χ1) is 8.56. The second-order valence-corrected chi connectivity index (χ2v) is 4.11. The van der Waals surface area contributed by atoms with Crippen LogP contribution in [0, 0.1) is 6.92 Å². The molecule has 1 rings (SSSR count). The Morgan fingerprint density at radius 1 is 1.17 bits per heavy atom. The van der Waals surface area contributed by atoms with Crippen molar-refractivity contribution in [2.75, 3.05) is 14.2 Å². The largest absolute Gasteiger partial charge is 0.496 e. The predicted octanol–water partition coefficient (Wildman–Crippen LogP) is 2.07. The zero-order valence-electron chi connectivity index (χ0n) is 11.0. The molecule has 0 aliphatic rings. The molecule has 4 nitrogen and oxygen atoms in total. The first kappa shape index (κ1) is 14.2. The fourth-order valence-corrected chi connectivity index (χ4v) is 1.69. The number of Topliss-reactive ketones (excluding diaryl/α,β-unsaturated/α-hetero) is 1. The van der Waals surface area contributed by atoms with Crippen LogP contribution >= 0.6 is 0 Å². The SMILES string of the molecule is COC(=O)CCC(=O)Cc1cc(C)ccc1OC. The van der Waals surface area contributed by atoms with Crippen molar-refractivity contribution < 1.29 is 19.1 Å². The molecule has 0 bridgehead atoms. The third kappa shape index (κ3) is 4.20. The summed E-state index contributed by atoms with van der Waals surface area (Å²) >= 11 is 0. The number of benzene rings is 1. The van der Waals surface area contributed by atoms with Crippen molar-refractivity contribution in [2.45, 2.75) is 26.2 Å². The van der Waals surface area contributed by atoms with Crippen molar-refractivity contribution in [2.24, 2.45) is 0 Å². The summed E-state index contributed by atoms with van der Waals surface area (Å²) in [6.07, 6.45) is 0.606. The predicted molar refractivity (Wildman–Crippen MR) is 67.7 cm³/mol. The van der Waals surface area contributed by atoms with Gasteiger partial charge in [0.1, 0.15) is 11.5 Å². The van der Waals surface area contributed by atoms with Gasteiger partial charge in [0.15, 0.2) is 0 Å². The minimum absolute atomic E-state index is 0.00398. The van der Waals surface area contributed by atoms with Gasteiger partial charge in [-0.3, -0.25) is 9.59 Å². The van der Waals surface area contributed by atoms with Gasteiger partial charge < -0.3 is 9.47 Å². The van der Waals surface area contributed by atoms with Crippen molar-refractivity contribution in [3.05, 3.63) is 29.3 Å². The second kappa shape index (κ2) is 6.79. The monoisotopic (exact) mass is 250 g/mol. The van der Waals surface area contributed by atoms with Crippen molar-refractivity contribution in [1.29, 1.82) is 0 Å². The lowest BCUT2D eigenvalue weighted by atomic mass is 10.0. The molecule has 1 aromatic rings. The van der Waals surface area contributed by atoms with Gasteiger partial charge in [-0.1, -0.05) is 17.7 Å². The third-order valence-corrected chi connectivity index (χ3v) is 2.66. The van der Waals surface area contributed by atoms with E-state index < -0.39 is 0 Å². The van der Waals surface area contributed by atoms with E-state index in [4.69, 9.17) is 4.74 Å². The maximum atomic E-state index is 11.7. The Kier molecular flexibility index (Phi) is 5.36. The van der Waals surface area contributed by atoms with E-state index in [0.717, 1.165) is 11.1 Å². The van der Waals surface area contributed by atoms with Crippen molar-refractivity contribution >= 4 is 11.8 Å². The molecule has 0 saturated heterocycles. The summed E-state index contributed by atoms with van der Waals surface area (Å²) in [6.45, 7) is 1.96. The summed E-state index contributed by atoms with van der Waals surface area (Å²) in [6, 6.07) is 5.70. The van der Waals surface area contributed by atoms with E-state index in [1.54, 1.807) is 7.11 Å². The van der Waals surface area contributed by atoms with E-state index in [9.17, 15) is 9.59 Å². The second-order valence-electron chi connectivity index (χ2n) is 4.11. The van der Waals surface area contributed by atoms with Crippen LogP contribution in [-0.4, -0.2) is 26.0 Å². The molecule has 0 fully saturated rings. The van der Waals surface area contributed by atoms with Gasteiger partial charge in [-0.2, -0.15) is 0 Å². The average molecular weight is 250 g/mol. The highest BCUT2D eigenvalue weighted by molar-refractivity contribution is 5.85. The Morgan fingerprint density at radius 3 is 2.50 bits per heavy atom. The molecule has 0 radical (unpaired) electrons. The summed E-state index contributed by atoms with van der Waals surface area (Å²) in [5.41, 5.74) is 1.93. The lowest BCUT2D eigenvalue weighted by Crippen LogP contribution is -2.08. The minimum atomic E-state index is -0.362. The van der Waals surface area contributed by atoms with Crippen LogP contribution in [0.4, 0.5) is 0 Å². The topological polar surface area (TPSA) is 52.6 Å². The third-order valence-electron chi connectivity index (χ3n) is 2.66. The van der Waals surface area contributed by atoms with Gasteiger partial charge >= 0.3 is 5.97 Å². The van der Waals surface area contributed by atoms with E-state index in [2.05, 4.69) is 4.74 Å². The van der Waals surface area contributed by atoms with Gasteiger partial charge in [0.25, 0.3) is 0 Å². The van der Waals surface area contributed by atoms with Crippen molar-refractivity contribution in [3.63, 3.8) is 0 Å². The zero-order valence-corrected chi connectivity index (χ0v) is 11.0. The molecule has 0 atom stereocenters. The smallest absolute Gasteiger partial charge is 0.305 e. The molecule has 0 aliphatic heterocycles. The van der Waals surface area contributed by atoms with E-state index in [-0.39, 0.29) is 31.0 Å². The number of ketones is 1. The Labute approximate surface area is 107 Å². The van der Waals surface area contributed by atoms with Crippen LogP contribution in [-0.2, 0) is 20.7 Å². The molecular weight excluding hydrogens is 232 g/mol. The van der Waals surface area contributed by atoms with E-state index in [1.165, 1.54) is 7.11 Å². The molecule has 0 aromatic heterocycles. The number of ether oxygens (including phenoxy) is 2. The number of aryl methyl sites for hydroxylation is 1. The van der Waals surface area contributed by atoms with Gasteiger partial charge in [-0.05, 0) is 13.0 Å². The maximum absolute atomic E-state index is 11.7. The van der Waals surface area contributed by atoms with Gasteiger partial charge in [-0.15, -0.1) is 0 Å². The van der Waals surface area contributed by atoms with Crippen LogP contribution in [0.3, 0.4) is 0 Å². The molecular formula is C14H18O4. The number of carbonyl (C=O) groups is 2. The first-order valence-corrected chi connectivity index (χ1v) is 5.79. The number of methoxy groups -OCH3 is 2. The Morgan fingerprint density at radius 2 is 1.89 bits per heavy atom. The number of hydrogen-bond donors (Lipinski definition) is 0. The fourth-order valence-electron chi connectivity index (χ4n) is 1.69. The highest BCUT2D eigenvalue weighted by Crippen LogP contribution is 2.20. The van der Waals surface area contributed by atoms with E-state index >= 15 is 0 Å². The van der Waals surface area contributed by atoms with Crippen LogP contribution in [0.2, 0.25) is 0 Å². The molecule has 98 valence electrons. The number of esters is 1. The molecule has 0 amide bonds. The number of rotatable bonds is 6. The zero-order chi connectivity index (χ0) is 13.5. The molecule has 0 N–H and O–H groups in total. The van der Waals surface area contributed by atoms with Crippen molar-refractivity contribution in [1.82, 2.24) is 0 Å². The van der Waals surface area contributed by atoms with Crippen molar-refractivity contribution in [3.8, 4) is 5.75 Å². The van der Waals surface area contributed by atoms with Gasteiger partial charge in [0, 0.05) is 18.4 Å². The van der Waals surface area contributed by atoms with Gasteiger partial charge in [-0.25, -0.2) is 0 Å². The fraction of sp³-hybridized carbons (Fsp3) is 0.429. The minimum Gasteiger partial charge on any atom is -0.496 e. The molecule has 0 heterocycles. The Bertz CT molecular complexity index is 437. The summed E-state index contributed by atoms with van der Waals surface area (Å²) in [5, 5.41) is 0. The highest BCUT2D eigenvalue weighted by atomic mass is 16.5. The normalized spacial score (nSPS) is 9.94. The molecule has 0 unspecified atom stereocenters. The maximum Gasteiger partial charge on any atom is 0.305 e. The molecule has 0 aliphatic carbocycles. The van der Waals surface area contributed by atoms with Crippen LogP contribution in [0.15, 0.2) is 18.2 Å². The molecule has 4 heteroatoms. The lowest BCUT2D eigenvalue weighted by molar-refractivity contribution is -0.141. The van der Waals surface area contributed by atoms with E-state index in [1.807, 2.05) is 25.1 Å². The van der Waals surface area contributed by atoms with Crippen LogP contribution in [0.5, 0.6) is 5.75 Å². The molecule has 0 saturated carbocycles. The van der Waals surface area contributed by atoms with Crippen LogP contribution < -0.4 is 4.74 Å². The van der Waals surface area contributed by atoms with Crippen LogP contribution in [0.25, 0.3) is 0 Å². The Hall–Kier alpha value is -1.84. The Balaban J connectivity index is 2.63. The molecule has 18 heavy (non-hydrogen) atoms. The number of hydrogen-bond acceptors (Lipinski definition) is 4. The molecule has 0 spiro atoms. The summed E-state index contributed by atoms with van der Waals surface area (Å²) in [5.74, 6) is 0.343. The van der Waals surface area contributed by atoms with Gasteiger partial charge in [0.2, 0.25) is 0 Å².